The molecule has 1 aliphatic heterocycles. The van der Waals surface area contributed by atoms with Crippen molar-refractivity contribution in [3.05, 3.63) is 59.9 Å². The van der Waals surface area contributed by atoms with E-state index < -0.39 is 5.82 Å². The van der Waals surface area contributed by atoms with E-state index in [0.717, 1.165) is 5.69 Å². The Kier molecular flexibility index (Phi) is 4.34. The Morgan fingerprint density at radius 1 is 1.09 bits per heavy atom. The fourth-order valence-corrected chi connectivity index (χ4v) is 2.49. The summed E-state index contributed by atoms with van der Waals surface area (Å²) in [7, 11) is 0. The monoisotopic (exact) mass is 300 g/mol. The van der Waals surface area contributed by atoms with Gasteiger partial charge in [-0.1, -0.05) is 18.2 Å². The van der Waals surface area contributed by atoms with Gasteiger partial charge in [-0.3, -0.25) is 4.79 Å². The van der Waals surface area contributed by atoms with Crippen LogP contribution in [-0.4, -0.2) is 32.2 Å². The summed E-state index contributed by atoms with van der Waals surface area (Å²) < 4.78 is 18.9. The second-order valence-corrected chi connectivity index (χ2v) is 5.08. The lowest BCUT2D eigenvalue weighted by Gasteiger charge is -2.30. The van der Waals surface area contributed by atoms with E-state index in [1.165, 1.54) is 12.1 Å². The number of carbonyl (C=O) groups excluding carboxylic acids is 1. The van der Waals surface area contributed by atoms with E-state index in [1.807, 2.05) is 23.1 Å². The van der Waals surface area contributed by atoms with Gasteiger partial charge in [-0.15, -0.1) is 0 Å². The zero-order valence-electron chi connectivity index (χ0n) is 12.1. The minimum absolute atomic E-state index is 0.313. The molecule has 1 heterocycles. The number of morpholine rings is 1. The number of anilines is 2. The van der Waals surface area contributed by atoms with E-state index in [2.05, 4.69) is 5.32 Å². The molecule has 0 bridgehead atoms. The minimum Gasteiger partial charge on any atom is -0.378 e. The molecule has 0 aliphatic carbocycles. The average molecular weight is 300 g/mol. The summed E-state index contributed by atoms with van der Waals surface area (Å²) in [6.45, 7) is 2.60. The van der Waals surface area contributed by atoms with Crippen LogP contribution in [0, 0.1) is 5.82 Å². The molecule has 0 aromatic heterocycles. The molecule has 1 N–H and O–H groups in total. The lowest BCUT2D eigenvalue weighted by Crippen LogP contribution is -2.37. The van der Waals surface area contributed by atoms with Crippen molar-refractivity contribution in [3.63, 3.8) is 0 Å². The summed E-state index contributed by atoms with van der Waals surface area (Å²) in [6, 6.07) is 13.5. The van der Waals surface area contributed by atoms with Crippen molar-refractivity contribution in [1.82, 2.24) is 0 Å². The maximum atomic E-state index is 13.6. The highest BCUT2D eigenvalue weighted by Crippen LogP contribution is 2.24. The molecule has 22 heavy (non-hydrogen) atoms. The quantitative estimate of drug-likeness (QED) is 0.947. The highest BCUT2D eigenvalue weighted by molar-refractivity contribution is 6.08. The molecule has 0 radical (unpaired) electrons. The number of para-hydroxylation sites is 1. The van der Waals surface area contributed by atoms with E-state index in [1.54, 1.807) is 18.2 Å². The zero-order valence-corrected chi connectivity index (χ0v) is 12.1. The SMILES string of the molecule is O=C(Nc1ccccc1)c1cc(F)ccc1N1CCOCC1. The van der Waals surface area contributed by atoms with Crippen LogP contribution in [0.15, 0.2) is 48.5 Å². The van der Waals surface area contributed by atoms with Crippen LogP contribution in [0.2, 0.25) is 0 Å². The van der Waals surface area contributed by atoms with Crippen LogP contribution in [0.25, 0.3) is 0 Å². The number of benzene rings is 2. The third kappa shape index (κ3) is 3.26. The molecule has 0 unspecified atom stereocenters. The third-order valence-electron chi connectivity index (χ3n) is 3.59. The van der Waals surface area contributed by atoms with Crippen LogP contribution in [0.5, 0.6) is 0 Å². The van der Waals surface area contributed by atoms with Crippen LogP contribution >= 0.6 is 0 Å². The zero-order chi connectivity index (χ0) is 15.4. The van der Waals surface area contributed by atoms with Gasteiger partial charge in [0.05, 0.1) is 18.8 Å². The van der Waals surface area contributed by atoms with E-state index >= 15 is 0 Å². The molecular weight excluding hydrogens is 283 g/mol. The Bertz CT molecular complexity index is 655. The van der Waals surface area contributed by atoms with Gasteiger partial charge in [0.25, 0.3) is 5.91 Å². The predicted molar refractivity (Wildman–Crippen MR) is 83.8 cm³/mol. The van der Waals surface area contributed by atoms with Crippen molar-refractivity contribution in [2.45, 2.75) is 0 Å². The highest BCUT2D eigenvalue weighted by Gasteiger charge is 2.19. The van der Waals surface area contributed by atoms with Crippen molar-refractivity contribution in [3.8, 4) is 0 Å². The number of hydrogen-bond donors (Lipinski definition) is 1. The Labute approximate surface area is 128 Å². The van der Waals surface area contributed by atoms with Gasteiger partial charge in [0.15, 0.2) is 0 Å². The van der Waals surface area contributed by atoms with Gasteiger partial charge < -0.3 is 15.0 Å². The van der Waals surface area contributed by atoms with Crippen LogP contribution in [0.4, 0.5) is 15.8 Å². The van der Waals surface area contributed by atoms with Crippen molar-refractivity contribution in [2.75, 3.05) is 36.5 Å². The average Bonchev–Trinajstić information content (AvgIpc) is 2.56. The van der Waals surface area contributed by atoms with Gasteiger partial charge in [-0.05, 0) is 30.3 Å². The van der Waals surface area contributed by atoms with Gasteiger partial charge in [0, 0.05) is 24.5 Å². The van der Waals surface area contributed by atoms with E-state index in [4.69, 9.17) is 4.74 Å². The van der Waals surface area contributed by atoms with E-state index in [9.17, 15) is 9.18 Å². The molecule has 3 rings (SSSR count). The Morgan fingerprint density at radius 2 is 1.82 bits per heavy atom. The van der Waals surface area contributed by atoms with E-state index in [-0.39, 0.29) is 5.91 Å². The molecule has 0 atom stereocenters. The Balaban J connectivity index is 1.87. The summed E-state index contributed by atoms with van der Waals surface area (Å²) in [5.74, 6) is -0.734. The largest absolute Gasteiger partial charge is 0.378 e. The van der Waals surface area contributed by atoms with Gasteiger partial charge >= 0.3 is 0 Å². The summed E-state index contributed by atoms with van der Waals surface area (Å²) >= 11 is 0. The molecule has 1 amide bonds. The molecule has 4 nitrogen and oxygen atoms in total. The first-order valence-electron chi connectivity index (χ1n) is 7.23. The molecule has 5 heteroatoms. The van der Waals surface area contributed by atoms with Crippen molar-refractivity contribution in [2.24, 2.45) is 0 Å². The number of nitrogens with one attached hydrogen (secondary N) is 1. The maximum absolute atomic E-state index is 13.6. The number of halogens is 1. The molecule has 1 saturated heterocycles. The van der Waals surface area contributed by atoms with Crippen molar-refractivity contribution >= 4 is 17.3 Å². The number of rotatable bonds is 3. The van der Waals surface area contributed by atoms with Gasteiger partial charge in [-0.2, -0.15) is 0 Å². The van der Waals surface area contributed by atoms with E-state index in [0.29, 0.717) is 37.6 Å². The van der Waals surface area contributed by atoms with Crippen LogP contribution in [-0.2, 0) is 4.74 Å². The minimum atomic E-state index is -0.421. The Morgan fingerprint density at radius 3 is 2.55 bits per heavy atom. The van der Waals surface area contributed by atoms with Crippen LogP contribution in [0.3, 0.4) is 0 Å². The first-order valence-corrected chi connectivity index (χ1v) is 7.23. The van der Waals surface area contributed by atoms with Gasteiger partial charge in [0.2, 0.25) is 0 Å². The smallest absolute Gasteiger partial charge is 0.257 e. The molecule has 1 fully saturated rings. The van der Waals surface area contributed by atoms with Gasteiger partial charge in [-0.25, -0.2) is 4.39 Å². The molecule has 0 saturated carbocycles. The van der Waals surface area contributed by atoms with Gasteiger partial charge in [0.1, 0.15) is 5.82 Å². The highest BCUT2D eigenvalue weighted by atomic mass is 19.1. The second kappa shape index (κ2) is 6.58. The maximum Gasteiger partial charge on any atom is 0.257 e. The number of carbonyl (C=O) groups is 1. The molecule has 1 aliphatic rings. The molecular formula is C17H17FN2O2. The third-order valence-corrected chi connectivity index (χ3v) is 3.59. The topological polar surface area (TPSA) is 41.6 Å². The Hall–Kier alpha value is -2.40. The number of amides is 1. The summed E-state index contributed by atoms with van der Waals surface area (Å²) in [6.07, 6.45) is 0. The van der Waals surface area contributed by atoms with Crippen molar-refractivity contribution < 1.29 is 13.9 Å². The summed E-state index contributed by atoms with van der Waals surface area (Å²) in [4.78, 5) is 14.5. The summed E-state index contributed by atoms with van der Waals surface area (Å²) in [5, 5.41) is 2.80. The molecule has 2 aromatic carbocycles. The normalized spacial score (nSPS) is 14.7. The second-order valence-electron chi connectivity index (χ2n) is 5.08. The molecule has 2 aromatic rings. The molecule has 114 valence electrons. The fourth-order valence-electron chi connectivity index (χ4n) is 2.49. The lowest BCUT2D eigenvalue weighted by molar-refractivity contribution is 0.102. The summed E-state index contributed by atoms with van der Waals surface area (Å²) in [5.41, 5.74) is 1.76. The van der Waals surface area contributed by atoms with Crippen LogP contribution in [0.1, 0.15) is 10.4 Å². The first kappa shape index (κ1) is 14.5. The molecule has 0 spiro atoms. The first-order chi connectivity index (χ1) is 10.7. The lowest BCUT2D eigenvalue weighted by atomic mass is 10.1. The number of nitrogens with zero attached hydrogens (tertiary/aromatic N) is 1. The standard InChI is InChI=1S/C17H17FN2O2/c18-13-6-7-16(20-8-10-22-11-9-20)15(12-13)17(21)19-14-4-2-1-3-5-14/h1-7,12H,8-11H2,(H,19,21). The number of hydrogen-bond acceptors (Lipinski definition) is 3. The predicted octanol–water partition coefficient (Wildman–Crippen LogP) is 2.91. The number of ether oxygens (including phenoxy) is 1. The fraction of sp³-hybridized carbons (Fsp3) is 0.235. The van der Waals surface area contributed by atoms with Crippen molar-refractivity contribution in [1.29, 1.82) is 0 Å². The van der Waals surface area contributed by atoms with Crippen LogP contribution < -0.4 is 10.2 Å².